The van der Waals surface area contributed by atoms with Gasteiger partial charge in [-0.25, -0.2) is 0 Å². The Morgan fingerprint density at radius 1 is 0.967 bits per heavy atom. The first kappa shape index (κ1) is 26.4. The highest BCUT2D eigenvalue weighted by Crippen LogP contribution is 2.28. The lowest BCUT2D eigenvalue weighted by atomic mass is 9.85. The molecule has 0 aromatic rings. The van der Waals surface area contributed by atoms with E-state index >= 15 is 0 Å². The minimum atomic E-state index is -0.571. The molecule has 1 saturated carbocycles. The summed E-state index contributed by atoms with van der Waals surface area (Å²) in [5.41, 5.74) is 5.15. The monoisotopic (exact) mass is 423 g/mol. The second-order valence-corrected chi connectivity index (χ2v) is 8.89. The average molecular weight is 424 g/mol. The van der Waals surface area contributed by atoms with Crippen molar-refractivity contribution in [1.82, 2.24) is 10.2 Å². The summed E-state index contributed by atoms with van der Waals surface area (Å²) >= 11 is 0. The molecule has 0 saturated heterocycles. The molecule has 3 N–H and O–H groups in total. The maximum Gasteiger partial charge on any atom is 0.243 e. The first-order chi connectivity index (χ1) is 14.5. The van der Waals surface area contributed by atoms with Gasteiger partial charge in [0.2, 0.25) is 17.7 Å². The Balaban J connectivity index is 2.44. The van der Waals surface area contributed by atoms with Crippen molar-refractivity contribution in [3.05, 3.63) is 0 Å². The van der Waals surface area contributed by atoms with Crippen LogP contribution in [0, 0.1) is 5.92 Å². The Labute approximate surface area is 183 Å². The number of hydrogen-bond donors (Lipinski definition) is 2. The standard InChI is InChI=1S/C24H45N3O3/c1-3-13-21(24(30)26-19-22(25)28)27(23(29)14-4-2)18-12-7-5-6-9-15-20-16-10-8-11-17-20/h20-21H,3-19H2,1-2H3,(H2,25,28)(H,26,30)/t21-/m0/s1. The minimum Gasteiger partial charge on any atom is -0.368 e. The van der Waals surface area contributed by atoms with Gasteiger partial charge in [-0.1, -0.05) is 84.5 Å². The van der Waals surface area contributed by atoms with Gasteiger partial charge in [0, 0.05) is 13.0 Å². The Kier molecular flexibility index (Phi) is 14.2. The van der Waals surface area contributed by atoms with E-state index in [0.717, 1.165) is 31.6 Å². The van der Waals surface area contributed by atoms with Crippen LogP contribution in [0.4, 0.5) is 0 Å². The van der Waals surface area contributed by atoms with Gasteiger partial charge in [0.15, 0.2) is 0 Å². The number of hydrogen-bond acceptors (Lipinski definition) is 3. The molecule has 1 aliphatic carbocycles. The van der Waals surface area contributed by atoms with E-state index in [9.17, 15) is 14.4 Å². The third kappa shape index (κ3) is 11.0. The Hall–Kier alpha value is -1.59. The smallest absolute Gasteiger partial charge is 0.243 e. The topological polar surface area (TPSA) is 92.5 Å². The van der Waals surface area contributed by atoms with Crippen LogP contribution in [0.25, 0.3) is 0 Å². The zero-order valence-electron chi connectivity index (χ0n) is 19.4. The molecule has 0 spiro atoms. The molecule has 0 aromatic carbocycles. The molecule has 3 amide bonds. The van der Waals surface area contributed by atoms with Gasteiger partial charge in [0.25, 0.3) is 0 Å². The molecule has 0 aliphatic heterocycles. The van der Waals surface area contributed by atoms with Crippen LogP contribution in [0.15, 0.2) is 0 Å². The number of carbonyl (C=O) groups is 3. The highest BCUT2D eigenvalue weighted by Gasteiger charge is 2.28. The number of primary amides is 1. The summed E-state index contributed by atoms with van der Waals surface area (Å²) in [5, 5.41) is 2.59. The lowest BCUT2D eigenvalue weighted by Gasteiger charge is -2.31. The summed E-state index contributed by atoms with van der Waals surface area (Å²) < 4.78 is 0. The molecule has 0 unspecified atom stereocenters. The van der Waals surface area contributed by atoms with Crippen LogP contribution in [0.3, 0.4) is 0 Å². The molecular weight excluding hydrogens is 378 g/mol. The minimum absolute atomic E-state index is 0.0301. The van der Waals surface area contributed by atoms with Crippen molar-refractivity contribution in [3.63, 3.8) is 0 Å². The van der Waals surface area contributed by atoms with Crippen LogP contribution >= 0.6 is 0 Å². The Bertz CT molecular complexity index is 504. The molecule has 1 atom stereocenters. The first-order valence-electron chi connectivity index (χ1n) is 12.3. The number of carbonyl (C=O) groups excluding carboxylic acids is 3. The van der Waals surface area contributed by atoms with Crippen molar-refractivity contribution < 1.29 is 14.4 Å². The molecule has 0 aromatic heterocycles. The summed E-state index contributed by atoms with van der Waals surface area (Å²) in [6.45, 7) is 4.40. The van der Waals surface area contributed by atoms with E-state index in [-0.39, 0.29) is 18.4 Å². The highest BCUT2D eigenvalue weighted by molar-refractivity contribution is 5.90. The zero-order valence-corrected chi connectivity index (χ0v) is 19.4. The van der Waals surface area contributed by atoms with E-state index in [1.165, 1.54) is 57.8 Å². The second kappa shape index (κ2) is 16.1. The molecule has 0 radical (unpaired) electrons. The molecule has 0 bridgehead atoms. The van der Waals surface area contributed by atoms with Crippen LogP contribution < -0.4 is 11.1 Å². The summed E-state index contributed by atoms with van der Waals surface area (Å²) in [5.74, 6) is 0.142. The SMILES string of the molecule is CCCC(=O)N(CCCCCCCC1CCCCC1)[C@@H](CCC)C(=O)NCC(N)=O. The zero-order chi connectivity index (χ0) is 22.2. The Morgan fingerprint density at radius 2 is 1.63 bits per heavy atom. The number of nitrogens with two attached hydrogens (primary N) is 1. The normalized spacial score (nSPS) is 15.5. The lowest BCUT2D eigenvalue weighted by molar-refractivity contribution is -0.141. The third-order valence-electron chi connectivity index (χ3n) is 6.20. The molecule has 6 nitrogen and oxygen atoms in total. The predicted molar refractivity (Wildman–Crippen MR) is 122 cm³/mol. The summed E-state index contributed by atoms with van der Waals surface area (Å²) in [4.78, 5) is 38.1. The van der Waals surface area contributed by atoms with Gasteiger partial charge in [0.05, 0.1) is 6.54 Å². The van der Waals surface area contributed by atoms with E-state index in [1.807, 2.05) is 13.8 Å². The van der Waals surface area contributed by atoms with Crippen molar-refractivity contribution in [2.75, 3.05) is 13.1 Å². The van der Waals surface area contributed by atoms with Gasteiger partial charge in [-0.05, 0) is 25.2 Å². The van der Waals surface area contributed by atoms with Crippen LogP contribution in [0.1, 0.15) is 110 Å². The van der Waals surface area contributed by atoms with Gasteiger partial charge < -0.3 is 16.0 Å². The molecule has 6 heteroatoms. The lowest BCUT2D eigenvalue weighted by Crippen LogP contribution is -2.51. The van der Waals surface area contributed by atoms with Crippen molar-refractivity contribution in [3.8, 4) is 0 Å². The number of unbranched alkanes of at least 4 members (excludes halogenated alkanes) is 4. The van der Waals surface area contributed by atoms with Crippen LogP contribution in [-0.2, 0) is 14.4 Å². The number of rotatable bonds is 16. The molecule has 30 heavy (non-hydrogen) atoms. The molecular formula is C24H45N3O3. The molecule has 1 aliphatic rings. The van der Waals surface area contributed by atoms with Crippen molar-refractivity contribution in [2.24, 2.45) is 11.7 Å². The fourth-order valence-electron chi connectivity index (χ4n) is 4.53. The molecule has 174 valence electrons. The van der Waals surface area contributed by atoms with Crippen LogP contribution in [0.2, 0.25) is 0 Å². The van der Waals surface area contributed by atoms with Crippen molar-refractivity contribution >= 4 is 17.7 Å². The van der Waals surface area contributed by atoms with Gasteiger partial charge in [0.1, 0.15) is 6.04 Å². The summed E-state index contributed by atoms with van der Waals surface area (Å²) in [6.07, 6.45) is 16.8. The largest absolute Gasteiger partial charge is 0.368 e. The third-order valence-corrected chi connectivity index (χ3v) is 6.20. The van der Waals surface area contributed by atoms with E-state index in [0.29, 0.717) is 19.4 Å². The maximum atomic E-state index is 12.7. The fraction of sp³-hybridized carbons (Fsp3) is 0.875. The van der Waals surface area contributed by atoms with Crippen LogP contribution in [-0.4, -0.2) is 41.8 Å². The van der Waals surface area contributed by atoms with E-state index < -0.39 is 11.9 Å². The van der Waals surface area contributed by atoms with Crippen LogP contribution in [0.5, 0.6) is 0 Å². The van der Waals surface area contributed by atoms with Gasteiger partial charge in [-0.2, -0.15) is 0 Å². The summed E-state index contributed by atoms with van der Waals surface area (Å²) in [7, 11) is 0. The summed E-state index contributed by atoms with van der Waals surface area (Å²) in [6, 6.07) is -0.514. The first-order valence-corrected chi connectivity index (χ1v) is 12.3. The number of nitrogens with one attached hydrogen (secondary N) is 1. The van der Waals surface area contributed by atoms with Gasteiger partial charge in [-0.3, -0.25) is 14.4 Å². The predicted octanol–water partition coefficient (Wildman–Crippen LogP) is 4.31. The van der Waals surface area contributed by atoms with E-state index in [2.05, 4.69) is 5.32 Å². The molecule has 1 fully saturated rings. The fourth-order valence-corrected chi connectivity index (χ4v) is 4.53. The van der Waals surface area contributed by atoms with E-state index in [1.54, 1.807) is 4.90 Å². The molecule has 1 rings (SSSR count). The number of nitrogens with zero attached hydrogens (tertiary/aromatic N) is 1. The average Bonchev–Trinajstić information content (AvgIpc) is 2.73. The van der Waals surface area contributed by atoms with Crippen molar-refractivity contribution in [1.29, 1.82) is 0 Å². The molecule has 0 heterocycles. The maximum absolute atomic E-state index is 12.7. The Morgan fingerprint density at radius 3 is 2.27 bits per heavy atom. The van der Waals surface area contributed by atoms with Gasteiger partial charge in [-0.15, -0.1) is 0 Å². The van der Waals surface area contributed by atoms with E-state index in [4.69, 9.17) is 5.73 Å². The highest BCUT2D eigenvalue weighted by atomic mass is 16.2. The second-order valence-electron chi connectivity index (χ2n) is 8.89. The van der Waals surface area contributed by atoms with Gasteiger partial charge >= 0.3 is 0 Å². The quantitative estimate of drug-likeness (QED) is 0.362. The van der Waals surface area contributed by atoms with Crippen molar-refractivity contribution in [2.45, 2.75) is 116 Å². The number of amides is 3.